The van der Waals surface area contributed by atoms with Crippen molar-refractivity contribution in [1.29, 1.82) is 10.5 Å². The fourth-order valence-corrected chi connectivity index (χ4v) is 5.16. The first-order valence-electron chi connectivity index (χ1n) is 11.7. The second-order valence-corrected chi connectivity index (χ2v) is 8.89. The summed E-state index contributed by atoms with van der Waals surface area (Å²) < 4.78 is 0. The van der Waals surface area contributed by atoms with Crippen LogP contribution in [-0.2, 0) is 0 Å². The van der Waals surface area contributed by atoms with Crippen molar-refractivity contribution >= 4 is 0 Å². The van der Waals surface area contributed by atoms with E-state index in [1.807, 2.05) is 0 Å². The molecule has 3 rings (SSSR count). The van der Waals surface area contributed by atoms with Gasteiger partial charge in [0.05, 0.1) is 0 Å². The number of nitriles is 2. The number of allylic oxidation sites excluding steroid dienone is 1. The minimum Gasteiger partial charge on any atom is -0.355 e. The Bertz CT molecular complexity index is 606. The molecule has 3 fully saturated rings. The Morgan fingerprint density at radius 1 is 0.793 bits per heavy atom. The zero-order valence-electron chi connectivity index (χ0n) is 18.3. The Morgan fingerprint density at radius 3 is 1.97 bits per heavy atom. The molecule has 160 valence electrons. The van der Waals surface area contributed by atoms with Crippen molar-refractivity contribution in [2.24, 2.45) is 0 Å². The molecule has 0 amide bonds. The first-order chi connectivity index (χ1) is 14.2. The molecule has 3 heterocycles. The lowest BCUT2D eigenvalue weighted by Crippen LogP contribution is -2.32. The summed E-state index contributed by atoms with van der Waals surface area (Å²) in [5.74, 6) is 0.889. The van der Waals surface area contributed by atoms with E-state index < -0.39 is 0 Å². The fraction of sp³-hybridized carbons (Fsp3) is 0.826. The number of rotatable bonds is 8. The summed E-state index contributed by atoms with van der Waals surface area (Å²) in [6, 6.07) is 5.01. The molecule has 1 unspecified atom stereocenters. The van der Waals surface area contributed by atoms with E-state index in [1.54, 1.807) is 0 Å². The summed E-state index contributed by atoms with van der Waals surface area (Å²) in [5.41, 5.74) is 0.284. The first kappa shape index (κ1) is 21.9. The van der Waals surface area contributed by atoms with Crippen LogP contribution in [0.2, 0.25) is 0 Å². The third-order valence-electron chi connectivity index (χ3n) is 6.85. The van der Waals surface area contributed by atoms with Crippen LogP contribution in [0.4, 0.5) is 0 Å². The highest BCUT2D eigenvalue weighted by Crippen LogP contribution is 2.23. The van der Waals surface area contributed by atoms with Crippen LogP contribution in [0.1, 0.15) is 58.3 Å². The number of likely N-dealkylation sites (tertiary alicyclic amines) is 2. The molecule has 0 aromatic carbocycles. The van der Waals surface area contributed by atoms with Crippen molar-refractivity contribution in [3.8, 4) is 12.1 Å². The second kappa shape index (κ2) is 11.4. The predicted octanol–water partition coefficient (Wildman–Crippen LogP) is 3.00. The third kappa shape index (κ3) is 6.11. The van der Waals surface area contributed by atoms with E-state index in [2.05, 4.69) is 38.7 Å². The minimum absolute atomic E-state index is 0.284. The van der Waals surface area contributed by atoms with Gasteiger partial charge in [0.1, 0.15) is 18.0 Å². The van der Waals surface area contributed by atoms with Crippen LogP contribution >= 0.6 is 0 Å². The molecular weight excluding hydrogens is 360 g/mol. The SMILES string of the molecule is CC1CCCN1CCCN1CCN(CCCN2CCCCCC2)C1=C(C#N)C#N. The molecule has 0 N–H and O–H groups in total. The predicted molar refractivity (Wildman–Crippen MR) is 116 cm³/mol. The normalized spacial score (nSPS) is 23.8. The van der Waals surface area contributed by atoms with Gasteiger partial charge in [-0.25, -0.2) is 0 Å². The zero-order chi connectivity index (χ0) is 20.5. The topological polar surface area (TPSA) is 60.5 Å². The highest BCUT2D eigenvalue weighted by Gasteiger charge is 2.28. The lowest BCUT2D eigenvalue weighted by molar-refractivity contribution is 0.241. The summed E-state index contributed by atoms with van der Waals surface area (Å²) in [7, 11) is 0. The largest absolute Gasteiger partial charge is 0.355 e. The van der Waals surface area contributed by atoms with Crippen LogP contribution in [-0.4, -0.2) is 84.5 Å². The Labute approximate surface area is 177 Å². The number of hydrogen-bond donors (Lipinski definition) is 0. The molecule has 0 saturated carbocycles. The molecule has 0 aliphatic carbocycles. The van der Waals surface area contributed by atoms with Gasteiger partial charge in [0.15, 0.2) is 5.57 Å². The molecule has 6 nitrogen and oxygen atoms in total. The van der Waals surface area contributed by atoms with Gasteiger partial charge in [0.25, 0.3) is 0 Å². The molecule has 0 aromatic rings. The van der Waals surface area contributed by atoms with Gasteiger partial charge in [-0.05, 0) is 71.6 Å². The van der Waals surface area contributed by atoms with Crippen LogP contribution in [0.15, 0.2) is 11.4 Å². The standard InChI is InChI=1S/C23H38N6/c1-21-9-6-13-27(21)14-8-16-29-18-17-28(23(29)22(19-24)20-25)15-7-12-26-10-4-2-3-5-11-26/h21H,2-18H2,1H3. The van der Waals surface area contributed by atoms with Gasteiger partial charge in [-0.1, -0.05) is 12.8 Å². The highest BCUT2D eigenvalue weighted by molar-refractivity contribution is 5.40. The van der Waals surface area contributed by atoms with Crippen LogP contribution in [0.3, 0.4) is 0 Å². The molecule has 0 aromatic heterocycles. The molecule has 3 aliphatic heterocycles. The van der Waals surface area contributed by atoms with Gasteiger partial charge in [-0.2, -0.15) is 10.5 Å². The molecule has 0 radical (unpaired) electrons. The Morgan fingerprint density at radius 2 is 1.41 bits per heavy atom. The molecule has 29 heavy (non-hydrogen) atoms. The summed E-state index contributed by atoms with van der Waals surface area (Å²) in [5, 5.41) is 19.0. The van der Waals surface area contributed by atoms with E-state index in [0.717, 1.165) is 57.9 Å². The van der Waals surface area contributed by atoms with Gasteiger partial charge < -0.3 is 19.6 Å². The van der Waals surface area contributed by atoms with Crippen molar-refractivity contribution < 1.29 is 0 Å². The maximum absolute atomic E-state index is 9.52. The molecule has 0 bridgehead atoms. The molecule has 3 aliphatic rings. The fourth-order valence-electron chi connectivity index (χ4n) is 5.16. The van der Waals surface area contributed by atoms with Crippen molar-refractivity contribution in [3.63, 3.8) is 0 Å². The molecule has 0 spiro atoms. The monoisotopic (exact) mass is 398 g/mol. The summed E-state index contributed by atoms with van der Waals surface area (Å²) >= 11 is 0. The van der Waals surface area contributed by atoms with Crippen molar-refractivity contribution in [2.75, 3.05) is 58.9 Å². The summed E-state index contributed by atoms with van der Waals surface area (Å²) in [6.07, 6.45) is 10.2. The van der Waals surface area contributed by atoms with Crippen LogP contribution in [0, 0.1) is 22.7 Å². The maximum atomic E-state index is 9.52. The van der Waals surface area contributed by atoms with Crippen LogP contribution < -0.4 is 0 Å². The lowest BCUT2D eigenvalue weighted by atomic mass is 10.2. The summed E-state index contributed by atoms with van der Waals surface area (Å²) in [6.45, 7) is 12.0. The lowest BCUT2D eigenvalue weighted by Gasteiger charge is -2.27. The molecule has 1 atom stereocenters. The quantitative estimate of drug-likeness (QED) is 0.586. The number of nitrogens with zero attached hydrogens (tertiary/aromatic N) is 6. The van der Waals surface area contributed by atoms with E-state index >= 15 is 0 Å². The average Bonchev–Trinajstić information content (AvgIpc) is 3.21. The van der Waals surface area contributed by atoms with E-state index in [9.17, 15) is 10.5 Å². The van der Waals surface area contributed by atoms with Crippen molar-refractivity contribution in [1.82, 2.24) is 19.6 Å². The number of hydrogen-bond acceptors (Lipinski definition) is 6. The third-order valence-corrected chi connectivity index (χ3v) is 6.85. The second-order valence-electron chi connectivity index (χ2n) is 8.89. The van der Waals surface area contributed by atoms with Gasteiger partial charge in [-0.15, -0.1) is 0 Å². The van der Waals surface area contributed by atoms with Gasteiger partial charge in [-0.3, -0.25) is 0 Å². The maximum Gasteiger partial charge on any atom is 0.169 e. The Kier molecular flexibility index (Phi) is 8.65. The van der Waals surface area contributed by atoms with Crippen LogP contribution in [0.25, 0.3) is 0 Å². The van der Waals surface area contributed by atoms with E-state index in [1.165, 1.54) is 58.2 Å². The molecule has 3 saturated heterocycles. The first-order valence-corrected chi connectivity index (χ1v) is 11.7. The minimum atomic E-state index is 0.284. The van der Waals surface area contributed by atoms with Crippen molar-refractivity contribution in [3.05, 3.63) is 11.4 Å². The van der Waals surface area contributed by atoms with Crippen molar-refractivity contribution in [2.45, 2.75) is 64.3 Å². The average molecular weight is 399 g/mol. The Balaban J connectivity index is 1.51. The van der Waals surface area contributed by atoms with E-state index in [4.69, 9.17) is 0 Å². The van der Waals surface area contributed by atoms with Gasteiger partial charge >= 0.3 is 0 Å². The highest BCUT2D eigenvalue weighted by atomic mass is 15.4. The van der Waals surface area contributed by atoms with Gasteiger partial charge in [0, 0.05) is 38.8 Å². The van der Waals surface area contributed by atoms with E-state index in [0.29, 0.717) is 6.04 Å². The van der Waals surface area contributed by atoms with Crippen LogP contribution in [0.5, 0.6) is 0 Å². The summed E-state index contributed by atoms with van der Waals surface area (Å²) in [4.78, 5) is 9.75. The van der Waals surface area contributed by atoms with Gasteiger partial charge in [0.2, 0.25) is 0 Å². The molecule has 6 heteroatoms. The molecular formula is C23H38N6. The smallest absolute Gasteiger partial charge is 0.169 e. The van der Waals surface area contributed by atoms with E-state index in [-0.39, 0.29) is 5.57 Å². The zero-order valence-corrected chi connectivity index (χ0v) is 18.3. The Hall–Kier alpha value is -1.76.